The Hall–Kier alpha value is -4.05. The van der Waals surface area contributed by atoms with E-state index < -0.39 is 0 Å². The molecule has 2 aromatic heterocycles. The number of imidazole rings is 1. The summed E-state index contributed by atoms with van der Waals surface area (Å²) in [5.74, 6) is 1.68. The first-order chi connectivity index (χ1) is 19.4. The number of anilines is 1. The average Bonchev–Trinajstić information content (AvgIpc) is 3.45. The maximum absolute atomic E-state index is 13.8. The van der Waals surface area contributed by atoms with Crippen molar-refractivity contribution in [3.8, 4) is 11.4 Å². The lowest BCUT2D eigenvalue weighted by Crippen LogP contribution is -2.42. The summed E-state index contributed by atoms with van der Waals surface area (Å²) in [5.41, 5.74) is 2.34. The van der Waals surface area contributed by atoms with Crippen molar-refractivity contribution >= 4 is 23.6 Å². The molecule has 9 nitrogen and oxygen atoms in total. The Labute approximate surface area is 234 Å². The first-order valence-electron chi connectivity index (χ1n) is 13.8. The molecular formula is C30H36FN7O2. The number of amidine groups is 1. The van der Waals surface area contributed by atoms with Crippen LogP contribution in [-0.2, 0) is 9.53 Å². The molecule has 2 saturated heterocycles. The number of aromatic nitrogens is 3. The van der Waals surface area contributed by atoms with Crippen LogP contribution in [0.1, 0.15) is 44.1 Å². The molecule has 3 aromatic rings. The van der Waals surface area contributed by atoms with Gasteiger partial charge in [0.15, 0.2) is 0 Å². The number of halogens is 1. The summed E-state index contributed by atoms with van der Waals surface area (Å²) in [6.45, 7) is 6.99. The van der Waals surface area contributed by atoms with E-state index in [1.807, 2.05) is 43.0 Å². The third kappa shape index (κ3) is 6.56. The second-order valence-corrected chi connectivity index (χ2v) is 10.5. The molecule has 2 fully saturated rings. The van der Waals surface area contributed by atoms with E-state index in [0.717, 1.165) is 48.7 Å². The Morgan fingerprint density at radius 1 is 1.20 bits per heavy atom. The molecule has 10 heteroatoms. The van der Waals surface area contributed by atoms with E-state index in [9.17, 15) is 9.18 Å². The quantitative estimate of drug-likeness (QED) is 0.300. The van der Waals surface area contributed by atoms with Crippen LogP contribution in [0.4, 0.5) is 10.2 Å². The number of nitrogens with one attached hydrogen (secondary N) is 3. The molecule has 0 bridgehead atoms. The summed E-state index contributed by atoms with van der Waals surface area (Å²) in [6.07, 6.45) is 6.81. The zero-order valence-electron chi connectivity index (χ0n) is 22.9. The number of carbonyl (C=O) groups is 1. The molecule has 1 unspecified atom stereocenters. The third-order valence-electron chi connectivity index (χ3n) is 7.30. The minimum absolute atomic E-state index is 0.0455. The van der Waals surface area contributed by atoms with Crippen LogP contribution < -0.4 is 10.2 Å². The molecule has 4 heterocycles. The Bertz CT molecular complexity index is 1360. The van der Waals surface area contributed by atoms with Crippen LogP contribution in [0.3, 0.4) is 0 Å². The lowest BCUT2D eigenvalue weighted by atomic mass is 9.95. The number of H-pyrrole nitrogens is 1. The van der Waals surface area contributed by atoms with Crippen LogP contribution in [0, 0.1) is 17.1 Å². The number of pyridine rings is 1. The van der Waals surface area contributed by atoms with Crippen LogP contribution in [-0.4, -0.2) is 70.5 Å². The topological polar surface area (TPSA) is 110 Å². The third-order valence-corrected chi connectivity index (χ3v) is 7.30. The van der Waals surface area contributed by atoms with E-state index >= 15 is 0 Å². The standard InChI is InChI=1S/C30H36FN7O2/c1-20(2)34-30(39)21-11-13-37(14-12-21)29-8-4-7-24(36-29)25-18-33-28(35-25)10-9-27(32)38-15-16-40-19-26(38)22-5-3-6-23(31)17-22/h3-10,17-18,20-21,26,32H,11-16,19H2,1-2H3,(H,33,35)(H,34,39). The fraction of sp³-hybridized carbons (Fsp3) is 0.400. The van der Waals surface area contributed by atoms with Crippen LogP contribution in [0.15, 0.2) is 54.7 Å². The summed E-state index contributed by atoms with van der Waals surface area (Å²) >= 11 is 0. The van der Waals surface area contributed by atoms with Gasteiger partial charge in [0, 0.05) is 31.6 Å². The predicted molar refractivity (Wildman–Crippen MR) is 153 cm³/mol. The van der Waals surface area contributed by atoms with Crippen molar-refractivity contribution in [3.63, 3.8) is 0 Å². The summed E-state index contributed by atoms with van der Waals surface area (Å²) in [4.78, 5) is 29.1. The smallest absolute Gasteiger partial charge is 0.223 e. The fourth-order valence-electron chi connectivity index (χ4n) is 5.21. The SMILES string of the molecule is CC(C)NC(=O)C1CCN(c2cccc(-c3cnc(C=CC(=N)N4CCOCC4c4cccc(F)c4)[nH]3)n2)CC1. The van der Waals surface area contributed by atoms with Crippen molar-refractivity contribution in [2.75, 3.05) is 37.7 Å². The lowest BCUT2D eigenvalue weighted by Gasteiger charge is -2.36. The number of benzene rings is 1. The molecule has 3 N–H and O–H groups in total. The minimum atomic E-state index is -0.301. The second kappa shape index (κ2) is 12.4. The molecule has 1 aromatic carbocycles. The van der Waals surface area contributed by atoms with Crippen LogP contribution >= 0.6 is 0 Å². The van der Waals surface area contributed by atoms with Gasteiger partial charge in [-0.2, -0.15) is 0 Å². The second-order valence-electron chi connectivity index (χ2n) is 10.5. The first-order valence-corrected chi connectivity index (χ1v) is 13.8. The number of aromatic amines is 1. The molecular weight excluding hydrogens is 509 g/mol. The zero-order chi connectivity index (χ0) is 28.1. The molecule has 1 atom stereocenters. The van der Waals surface area contributed by atoms with Crippen molar-refractivity contribution in [2.45, 2.75) is 38.8 Å². The van der Waals surface area contributed by atoms with Crippen molar-refractivity contribution in [1.29, 1.82) is 5.41 Å². The highest BCUT2D eigenvalue weighted by atomic mass is 19.1. The minimum Gasteiger partial charge on any atom is -0.377 e. The van der Waals surface area contributed by atoms with E-state index in [-0.39, 0.29) is 29.7 Å². The number of morpholine rings is 1. The molecule has 2 aliphatic heterocycles. The van der Waals surface area contributed by atoms with Gasteiger partial charge in [0.05, 0.1) is 36.8 Å². The monoisotopic (exact) mass is 545 g/mol. The van der Waals surface area contributed by atoms with Crippen molar-refractivity contribution in [1.82, 2.24) is 25.2 Å². The number of ether oxygens (including phenoxy) is 1. The lowest BCUT2D eigenvalue weighted by molar-refractivity contribution is -0.126. The van der Waals surface area contributed by atoms with Crippen molar-refractivity contribution in [3.05, 3.63) is 71.9 Å². The van der Waals surface area contributed by atoms with Crippen molar-refractivity contribution < 1.29 is 13.9 Å². The highest BCUT2D eigenvalue weighted by molar-refractivity contribution is 5.94. The van der Waals surface area contributed by atoms with Gasteiger partial charge in [0.1, 0.15) is 23.3 Å². The highest BCUT2D eigenvalue weighted by Crippen LogP contribution is 2.27. The van der Waals surface area contributed by atoms with Gasteiger partial charge in [-0.25, -0.2) is 14.4 Å². The van der Waals surface area contributed by atoms with Gasteiger partial charge in [-0.3, -0.25) is 10.2 Å². The van der Waals surface area contributed by atoms with Gasteiger partial charge < -0.3 is 24.8 Å². The molecule has 0 spiro atoms. The summed E-state index contributed by atoms with van der Waals surface area (Å²) < 4.78 is 19.4. The van der Waals surface area contributed by atoms with E-state index in [2.05, 4.69) is 20.2 Å². The zero-order valence-corrected chi connectivity index (χ0v) is 22.9. The number of hydrogen-bond acceptors (Lipinski definition) is 6. The molecule has 0 aliphatic carbocycles. The van der Waals surface area contributed by atoms with E-state index in [0.29, 0.717) is 31.4 Å². The predicted octanol–water partition coefficient (Wildman–Crippen LogP) is 4.42. The summed E-state index contributed by atoms with van der Waals surface area (Å²) in [6, 6.07) is 12.3. The van der Waals surface area contributed by atoms with Gasteiger partial charge in [-0.05, 0) is 68.7 Å². The molecule has 0 saturated carbocycles. The molecule has 210 valence electrons. The van der Waals surface area contributed by atoms with E-state index in [1.165, 1.54) is 12.1 Å². The molecule has 0 radical (unpaired) electrons. The fourth-order valence-corrected chi connectivity index (χ4v) is 5.21. The largest absolute Gasteiger partial charge is 0.377 e. The number of piperidine rings is 1. The van der Waals surface area contributed by atoms with Gasteiger partial charge >= 0.3 is 0 Å². The average molecular weight is 546 g/mol. The first kappa shape index (κ1) is 27.5. The Morgan fingerprint density at radius 3 is 2.77 bits per heavy atom. The molecule has 40 heavy (non-hydrogen) atoms. The van der Waals surface area contributed by atoms with Crippen LogP contribution in [0.5, 0.6) is 0 Å². The Kier molecular flexibility index (Phi) is 8.54. The summed E-state index contributed by atoms with van der Waals surface area (Å²) in [5, 5.41) is 11.7. The van der Waals surface area contributed by atoms with Gasteiger partial charge in [0.2, 0.25) is 5.91 Å². The maximum atomic E-state index is 13.8. The molecule has 1 amide bonds. The van der Waals surface area contributed by atoms with Crippen LogP contribution in [0.2, 0.25) is 0 Å². The normalized spacial score (nSPS) is 18.4. The number of hydrogen-bond donors (Lipinski definition) is 3. The van der Waals surface area contributed by atoms with Crippen LogP contribution in [0.25, 0.3) is 17.5 Å². The van der Waals surface area contributed by atoms with E-state index in [1.54, 1.807) is 24.4 Å². The maximum Gasteiger partial charge on any atom is 0.223 e. The van der Waals surface area contributed by atoms with Gasteiger partial charge in [-0.15, -0.1) is 0 Å². The van der Waals surface area contributed by atoms with E-state index in [4.69, 9.17) is 15.1 Å². The van der Waals surface area contributed by atoms with Gasteiger partial charge in [0.25, 0.3) is 0 Å². The molecule has 5 rings (SSSR count). The Balaban J connectivity index is 1.22. The van der Waals surface area contributed by atoms with Crippen molar-refractivity contribution in [2.24, 2.45) is 5.92 Å². The number of nitrogens with zero attached hydrogens (tertiary/aromatic N) is 4. The summed E-state index contributed by atoms with van der Waals surface area (Å²) in [7, 11) is 0. The van der Waals surface area contributed by atoms with Gasteiger partial charge in [-0.1, -0.05) is 18.2 Å². The number of rotatable bonds is 7. The highest BCUT2D eigenvalue weighted by Gasteiger charge is 2.27. The molecule has 2 aliphatic rings. The number of amides is 1. The Morgan fingerprint density at radius 2 is 2.00 bits per heavy atom. The number of carbonyl (C=O) groups excluding carboxylic acids is 1.